The summed E-state index contributed by atoms with van der Waals surface area (Å²) in [6, 6.07) is 6.18. The first-order valence-electron chi connectivity index (χ1n) is 5.71. The summed E-state index contributed by atoms with van der Waals surface area (Å²) in [6.07, 6.45) is 3.26. The Morgan fingerprint density at radius 2 is 2.18 bits per heavy atom. The van der Waals surface area contributed by atoms with Crippen LogP contribution >= 0.6 is 23.4 Å². The maximum Gasteiger partial charge on any atom is 0.0682 e. The second-order valence-corrected chi connectivity index (χ2v) is 5.58. The zero-order valence-corrected chi connectivity index (χ0v) is 12.2. The molecule has 1 N–H and O–H groups in total. The molecule has 1 aromatic carbocycles. The van der Waals surface area contributed by atoms with Crippen molar-refractivity contribution in [3.63, 3.8) is 0 Å². The van der Waals surface area contributed by atoms with Crippen molar-refractivity contribution in [2.75, 3.05) is 24.0 Å². The summed E-state index contributed by atoms with van der Waals surface area (Å²) in [4.78, 5) is 2.19. The lowest BCUT2D eigenvalue weighted by atomic mass is 10.1. The smallest absolute Gasteiger partial charge is 0.0682 e. The molecule has 0 fully saturated rings. The van der Waals surface area contributed by atoms with E-state index >= 15 is 0 Å². The Hall–Kier alpha value is -0.380. The van der Waals surface area contributed by atoms with Crippen LogP contribution in [-0.4, -0.2) is 30.2 Å². The van der Waals surface area contributed by atoms with E-state index in [0.29, 0.717) is 11.1 Å². The standard InChI is InChI=1S/C13H20ClNOS/c1-10(6-7-17-3)15(2)13-5-4-11(9-16)8-12(13)14/h4-5,8,10,16H,6-7,9H2,1-3H3. The molecule has 17 heavy (non-hydrogen) atoms. The highest BCUT2D eigenvalue weighted by molar-refractivity contribution is 7.98. The number of aliphatic hydroxyl groups is 1. The van der Waals surface area contributed by atoms with Crippen LogP contribution in [0.1, 0.15) is 18.9 Å². The first-order chi connectivity index (χ1) is 8.10. The van der Waals surface area contributed by atoms with Crippen molar-refractivity contribution < 1.29 is 5.11 Å². The molecule has 0 amide bonds. The van der Waals surface area contributed by atoms with Gasteiger partial charge in [-0.25, -0.2) is 0 Å². The van der Waals surface area contributed by atoms with Crippen LogP contribution in [0.3, 0.4) is 0 Å². The normalized spacial score (nSPS) is 12.5. The number of hydrogen-bond donors (Lipinski definition) is 1. The zero-order chi connectivity index (χ0) is 12.8. The Kier molecular flexibility index (Phi) is 6.17. The van der Waals surface area contributed by atoms with Gasteiger partial charge in [0, 0.05) is 13.1 Å². The molecule has 0 spiro atoms. The lowest BCUT2D eigenvalue weighted by Crippen LogP contribution is -2.29. The Labute approximate surface area is 113 Å². The summed E-state index contributed by atoms with van der Waals surface area (Å²) >= 11 is 8.08. The molecule has 1 atom stereocenters. The Morgan fingerprint density at radius 3 is 2.71 bits per heavy atom. The van der Waals surface area contributed by atoms with Gasteiger partial charge in [-0.1, -0.05) is 17.7 Å². The predicted octanol–water partition coefficient (Wildman–Crippen LogP) is 3.41. The minimum Gasteiger partial charge on any atom is -0.392 e. The van der Waals surface area contributed by atoms with Gasteiger partial charge >= 0.3 is 0 Å². The summed E-state index contributed by atoms with van der Waals surface area (Å²) in [7, 11) is 2.06. The molecule has 0 heterocycles. The molecule has 96 valence electrons. The number of aliphatic hydroxyl groups excluding tert-OH is 1. The summed E-state index contributed by atoms with van der Waals surface area (Å²) < 4.78 is 0. The van der Waals surface area contributed by atoms with Gasteiger partial charge in [0.2, 0.25) is 0 Å². The zero-order valence-electron chi connectivity index (χ0n) is 10.6. The van der Waals surface area contributed by atoms with E-state index in [1.807, 2.05) is 30.0 Å². The maximum absolute atomic E-state index is 9.04. The van der Waals surface area contributed by atoms with E-state index in [9.17, 15) is 0 Å². The summed E-state index contributed by atoms with van der Waals surface area (Å²) in [5.74, 6) is 1.15. The third kappa shape index (κ3) is 4.09. The average molecular weight is 274 g/mol. The minimum absolute atomic E-state index is 0.0335. The van der Waals surface area contributed by atoms with Crippen LogP contribution < -0.4 is 4.90 Å². The topological polar surface area (TPSA) is 23.5 Å². The predicted molar refractivity (Wildman–Crippen MR) is 78.2 cm³/mol. The van der Waals surface area contributed by atoms with Crippen molar-refractivity contribution in [1.82, 2.24) is 0 Å². The molecule has 0 aliphatic heterocycles. The van der Waals surface area contributed by atoms with Crippen molar-refractivity contribution in [2.24, 2.45) is 0 Å². The molecule has 1 rings (SSSR count). The molecule has 0 aromatic heterocycles. The second-order valence-electron chi connectivity index (χ2n) is 4.19. The number of nitrogens with zero attached hydrogens (tertiary/aromatic N) is 1. The molecule has 0 bridgehead atoms. The SMILES string of the molecule is CSCCC(C)N(C)c1ccc(CO)cc1Cl. The highest BCUT2D eigenvalue weighted by Gasteiger charge is 2.12. The highest BCUT2D eigenvalue weighted by Crippen LogP contribution is 2.28. The van der Waals surface area contributed by atoms with Crippen LogP contribution in [0.25, 0.3) is 0 Å². The monoisotopic (exact) mass is 273 g/mol. The van der Waals surface area contributed by atoms with E-state index < -0.39 is 0 Å². The van der Waals surface area contributed by atoms with E-state index in [-0.39, 0.29) is 6.61 Å². The third-order valence-corrected chi connectivity index (χ3v) is 3.92. The fourth-order valence-electron chi connectivity index (χ4n) is 1.65. The largest absolute Gasteiger partial charge is 0.392 e. The van der Waals surface area contributed by atoms with Gasteiger partial charge in [0.05, 0.1) is 17.3 Å². The lowest BCUT2D eigenvalue weighted by Gasteiger charge is -2.28. The molecule has 0 saturated carbocycles. The fourth-order valence-corrected chi connectivity index (χ4v) is 2.57. The van der Waals surface area contributed by atoms with Crippen LogP contribution in [0.15, 0.2) is 18.2 Å². The van der Waals surface area contributed by atoms with Gasteiger partial charge in [0.25, 0.3) is 0 Å². The van der Waals surface area contributed by atoms with E-state index in [0.717, 1.165) is 23.4 Å². The fraction of sp³-hybridized carbons (Fsp3) is 0.538. The molecule has 1 unspecified atom stereocenters. The quantitative estimate of drug-likeness (QED) is 0.859. The van der Waals surface area contributed by atoms with E-state index in [1.165, 1.54) is 0 Å². The third-order valence-electron chi connectivity index (χ3n) is 2.98. The van der Waals surface area contributed by atoms with Crippen LogP contribution in [0, 0.1) is 0 Å². The molecule has 2 nitrogen and oxygen atoms in total. The molecule has 4 heteroatoms. The number of benzene rings is 1. The van der Waals surface area contributed by atoms with Crippen LogP contribution in [0.5, 0.6) is 0 Å². The first-order valence-corrected chi connectivity index (χ1v) is 7.48. The molecule has 0 aliphatic carbocycles. The van der Waals surface area contributed by atoms with Gasteiger partial charge < -0.3 is 10.0 Å². The van der Waals surface area contributed by atoms with Crippen molar-refractivity contribution in [2.45, 2.75) is 26.0 Å². The Balaban J connectivity index is 2.77. The number of anilines is 1. The molecule has 0 radical (unpaired) electrons. The summed E-state index contributed by atoms with van der Waals surface area (Å²) in [6.45, 7) is 2.23. The highest BCUT2D eigenvalue weighted by atomic mass is 35.5. The van der Waals surface area contributed by atoms with E-state index in [1.54, 1.807) is 0 Å². The Bertz CT molecular complexity index is 359. The average Bonchev–Trinajstić information content (AvgIpc) is 2.34. The molecule has 0 saturated heterocycles. The van der Waals surface area contributed by atoms with Gasteiger partial charge in [0.1, 0.15) is 0 Å². The Morgan fingerprint density at radius 1 is 1.47 bits per heavy atom. The molecule has 0 aliphatic rings. The van der Waals surface area contributed by atoms with Crippen LogP contribution in [0.4, 0.5) is 5.69 Å². The number of thioether (sulfide) groups is 1. The number of halogens is 1. The molecular weight excluding hydrogens is 254 g/mol. The van der Waals surface area contributed by atoms with E-state index in [4.69, 9.17) is 16.7 Å². The summed E-state index contributed by atoms with van der Waals surface area (Å²) in [5.41, 5.74) is 1.88. The van der Waals surface area contributed by atoms with Gasteiger partial charge in [-0.3, -0.25) is 0 Å². The van der Waals surface area contributed by atoms with Gasteiger partial charge in [-0.15, -0.1) is 0 Å². The van der Waals surface area contributed by atoms with Gasteiger partial charge in [0.15, 0.2) is 0 Å². The number of hydrogen-bond acceptors (Lipinski definition) is 3. The lowest BCUT2D eigenvalue weighted by molar-refractivity contribution is 0.282. The van der Waals surface area contributed by atoms with Crippen molar-refractivity contribution in [3.05, 3.63) is 28.8 Å². The summed E-state index contributed by atoms with van der Waals surface area (Å²) in [5, 5.41) is 9.75. The molecular formula is C13H20ClNOS. The molecule has 1 aromatic rings. The van der Waals surface area contributed by atoms with Crippen LogP contribution in [0.2, 0.25) is 5.02 Å². The van der Waals surface area contributed by atoms with Crippen LogP contribution in [-0.2, 0) is 6.61 Å². The first kappa shape index (κ1) is 14.7. The number of rotatable bonds is 6. The minimum atomic E-state index is 0.0335. The van der Waals surface area contributed by atoms with Crippen molar-refractivity contribution in [3.8, 4) is 0 Å². The van der Waals surface area contributed by atoms with E-state index in [2.05, 4.69) is 25.1 Å². The van der Waals surface area contributed by atoms with Crippen molar-refractivity contribution >= 4 is 29.1 Å². The van der Waals surface area contributed by atoms with Crippen molar-refractivity contribution in [1.29, 1.82) is 0 Å². The van der Waals surface area contributed by atoms with Gasteiger partial charge in [-0.05, 0) is 43.0 Å². The maximum atomic E-state index is 9.04. The second kappa shape index (κ2) is 7.14. The van der Waals surface area contributed by atoms with Gasteiger partial charge in [-0.2, -0.15) is 11.8 Å².